The van der Waals surface area contributed by atoms with Crippen molar-refractivity contribution >= 4 is 63.5 Å². The predicted molar refractivity (Wildman–Crippen MR) is 98.7 cm³/mol. The van der Waals surface area contributed by atoms with E-state index < -0.39 is 23.6 Å². The average molecular weight is 395 g/mol. The highest BCUT2D eigenvalue weighted by atomic mass is 35.5. The number of thiophene rings is 1. The zero-order chi connectivity index (χ0) is 18.0. The number of hydrogen-bond acceptors (Lipinski definition) is 6. The quantitative estimate of drug-likeness (QED) is 0.608. The normalized spacial score (nSPS) is 15.9. The van der Waals surface area contributed by atoms with E-state index in [0.717, 1.165) is 21.5 Å². The van der Waals surface area contributed by atoms with Crippen LogP contribution in [0.25, 0.3) is 6.08 Å². The molecule has 1 aromatic carbocycles. The second-order valence-corrected chi connectivity index (χ2v) is 7.40. The second-order valence-electron chi connectivity index (χ2n) is 4.99. The first kappa shape index (κ1) is 17.5. The standard InChI is InChI=1S/C16H11ClN2O4S2/c17-9-3-4-12(20)11(6-9)18-14(21)8-19-15(22)13(25-16(19)23)7-10-2-1-5-24-10/h1-7,20H,8H2,(H,18,21)/b13-7-. The molecule has 1 aliphatic rings. The highest BCUT2D eigenvalue weighted by Gasteiger charge is 2.36. The minimum absolute atomic E-state index is 0.110. The van der Waals surface area contributed by atoms with Gasteiger partial charge in [0.1, 0.15) is 12.3 Å². The summed E-state index contributed by atoms with van der Waals surface area (Å²) in [5.41, 5.74) is 0.110. The van der Waals surface area contributed by atoms with Crippen molar-refractivity contribution < 1.29 is 19.5 Å². The highest BCUT2D eigenvalue weighted by Crippen LogP contribution is 2.33. The number of carbonyl (C=O) groups is 3. The molecule has 1 aromatic heterocycles. The van der Waals surface area contributed by atoms with E-state index in [4.69, 9.17) is 11.6 Å². The second kappa shape index (κ2) is 7.30. The van der Waals surface area contributed by atoms with Gasteiger partial charge in [-0.2, -0.15) is 0 Å². The third kappa shape index (κ3) is 4.04. The maximum atomic E-state index is 12.3. The number of rotatable bonds is 4. The van der Waals surface area contributed by atoms with E-state index in [2.05, 4.69) is 5.32 Å². The average Bonchev–Trinajstić information content (AvgIpc) is 3.15. The fourth-order valence-corrected chi connectivity index (χ4v) is 3.81. The topological polar surface area (TPSA) is 86.7 Å². The zero-order valence-corrected chi connectivity index (χ0v) is 15.0. The number of hydrogen-bond donors (Lipinski definition) is 2. The summed E-state index contributed by atoms with van der Waals surface area (Å²) in [5.74, 6) is -1.30. The van der Waals surface area contributed by atoms with Crippen LogP contribution in [0.3, 0.4) is 0 Å². The summed E-state index contributed by atoms with van der Waals surface area (Å²) in [6, 6.07) is 7.85. The van der Waals surface area contributed by atoms with Gasteiger partial charge in [0.2, 0.25) is 5.91 Å². The van der Waals surface area contributed by atoms with Gasteiger partial charge in [-0.1, -0.05) is 17.7 Å². The Balaban J connectivity index is 1.70. The van der Waals surface area contributed by atoms with Crippen LogP contribution in [0.2, 0.25) is 5.02 Å². The molecule has 1 fully saturated rings. The van der Waals surface area contributed by atoms with E-state index >= 15 is 0 Å². The van der Waals surface area contributed by atoms with Gasteiger partial charge in [0.05, 0.1) is 10.6 Å². The third-order valence-corrected chi connectivity index (χ3v) is 5.19. The lowest BCUT2D eigenvalue weighted by atomic mass is 10.3. The Morgan fingerprint density at radius 3 is 2.84 bits per heavy atom. The van der Waals surface area contributed by atoms with Gasteiger partial charge in [-0.3, -0.25) is 19.3 Å². The van der Waals surface area contributed by atoms with E-state index in [0.29, 0.717) is 5.02 Å². The number of aromatic hydroxyl groups is 1. The minimum atomic E-state index is -0.614. The monoisotopic (exact) mass is 394 g/mol. The number of imide groups is 1. The summed E-state index contributed by atoms with van der Waals surface area (Å²) in [7, 11) is 0. The summed E-state index contributed by atoms with van der Waals surface area (Å²) in [6.45, 7) is -0.446. The largest absolute Gasteiger partial charge is 0.506 e. The molecule has 0 spiro atoms. The number of nitrogens with one attached hydrogen (secondary N) is 1. The van der Waals surface area contributed by atoms with Crippen LogP contribution in [-0.4, -0.2) is 33.6 Å². The Morgan fingerprint density at radius 1 is 1.32 bits per heavy atom. The molecule has 1 aliphatic heterocycles. The maximum Gasteiger partial charge on any atom is 0.294 e. The van der Waals surface area contributed by atoms with Crippen LogP contribution in [0.5, 0.6) is 5.75 Å². The number of phenols is 1. The molecule has 0 atom stereocenters. The smallest absolute Gasteiger partial charge is 0.294 e. The molecule has 2 heterocycles. The molecule has 3 amide bonds. The van der Waals surface area contributed by atoms with Gasteiger partial charge in [0, 0.05) is 9.90 Å². The fraction of sp³-hybridized carbons (Fsp3) is 0.0625. The van der Waals surface area contributed by atoms with Crippen molar-refractivity contribution in [1.29, 1.82) is 0 Å². The van der Waals surface area contributed by atoms with E-state index in [1.54, 1.807) is 6.08 Å². The van der Waals surface area contributed by atoms with Crippen molar-refractivity contribution in [2.45, 2.75) is 0 Å². The molecule has 0 radical (unpaired) electrons. The number of anilines is 1. The summed E-state index contributed by atoms with van der Waals surface area (Å²) in [4.78, 5) is 38.4. The van der Waals surface area contributed by atoms with Crippen molar-refractivity contribution in [2.75, 3.05) is 11.9 Å². The lowest BCUT2D eigenvalue weighted by Crippen LogP contribution is -2.36. The number of thioether (sulfide) groups is 1. The first-order chi connectivity index (χ1) is 11.9. The van der Waals surface area contributed by atoms with Crippen LogP contribution in [-0.2, 0) is 9.59 Å². The number of nitrogens with zero attached hydrogens (tertiary/aromatic N) is 1. The van der Waals surface area contributed by atoms with Crippen molar-refractivity contribution in [3.05, 3.63) is 50.5 Å². The van der Waals surface area contributed by atoms with Crippen LogP contribution in [0.15, 0.2) is 40.6 Å². The molecule has 6 nitrogen and oxygen atoms in total. The molecule has 0 unspecified atom stereocenters. The van der Waals surface area contributed by atoms with Crippen LogP contribution >= 0.6 is 34.7 Å². The number of amides is 3. The first-order valence-electron chi connectivity index (χ1n) is 7.01. The molecule has 1 saturated heterocycles. The van der Waals surface area contributed by atoms with Gasteiger partial charge in [-0.05, 0) is 47.5 Å². The molecule has 0 aliphatic carbocycles. The molecule has 3 rings (SSSR count). The van der Waals surface area contributed by atoms with Gasteiger partial charge in [0.25, 0.3) is 11.1 Å². The Kier molecular flexibility index (Phi) is 5.12. The Labute approximate surface area is 156 Å². The van der Waals surface area contributed by atoms with E-state index in [9.17, 15) is 19.5 Å². The van der Waals surface area contributed by atoms with Crippen molar-refractivity contribution in [3.8, 4) is 5.75 Å². The first-order valence-corrected chi connectivity index (χ1v) is 9.08. The molecule has 25 heavy (non-hydrogen) atoms. The lowest BCUT2D eigenvalue weighted by Gasteiger charge is -2.13. The molecule has 0 bridgehead atoms. The number of phenolic OH excluding ortho intramolecular Hbond substituents is 1. The zero-order valence-electron chi connectivity index (χ0n) is 12.6. The molecule has 2 N–H and O–H groups in total. The lowest BCUT2D eigenvalue weighted by molar-refractivity contribution is -0.127. The van der Waals surface area contributed by atoms with E-state index in [-0.39, 0.29) is 16.3 Å². The molecular formula is C16H11ClN2O4S2. The summed E-state index contributed by atoms with van der Waals surface area (Å²) in [6.07, 6.45) is 1.62. The Hall–Kier alpha value is -2.29. The number of benzene rings is 1. The summed E-state index contributed by atoms with van der Waals surface area (Å²) >= 11 is 8.04. The van der Waals surface area contributed by atoms with Crippen molar-refractivity contribution in [3.63, 3.8) is 0 Å². The maximum absolute atomic E-state index is 12.3. The Morgan fingerprint density at radius 2 is 2.12 bits per heavy atom. The highest BCUT2D eigenvalue weighted by molar-refractivity contribution is 8.18. The molecule has 128 valence electrons. The number of carbonyl (C=O) groups excluding carboxylic acids is 3. The van der Waals surface area contributed by atoms with Gasteiger partial charge in [0.15, 0.2) is 0 Å². The van der Waals surface area contributed by atoms with Gasteiger partial charge < -0.3 is 10.4 Å². The van der Waals surface area contributed by atoms with Crippen molar-refractivity contribution in [2.24, 2.45) is 0 Å². The molecule has 2 aromatic rings. The molecular weight excluding hydrogens is 384 g/mol. The van der Waals surface area contributed by atoms with Crippen LogP contribution in [0, 0.1) is 0 Å². The van der Waals surface area contributed by atoms with E-state index in [1.807, 2.05) is 17.5 Å². The van der Waals surface area contributed by atoms with Gasteiger partial charge in [-0.25, -0.2) is 0 Å². The fourth-order valence-electron chi connectivity index (χ4n) is 2.08. The van der Waals surface area contributed by atoms with E-state index in [1.165, 1.54) is 29.5 Å². The predicted octanol–water partition coefficient (Wildman–Crippen LogP) is 3.78. The number of halogens is 1. The van der Waals surface area contributed by atoms with Crippen molar-refractivity contribution in [1.82, 2.24) is 4.90 Å². The Bertz CT molecular complexity index is 880. The molecule has 9 heteroatoms. The SMILES string of the molecule is O=C(CN1C(=O)S/C(=C\c2cccs2)C1=O)Nc1cc(Cl)ccc1O. The van der Waals surface area contributed by atoms with Gasteiger partial charge in [-0.15, -0.1) is 11.3 Å². The minimum Gasteiger partial charge on any atom is -0.506 e. The van der Waals surface area contributed by atoms with Crippen LogP contribution < -0.4 is 5.32 Å². The summed E-state index contributed by atoms with van der Waals surface area (Å²) < 4.78 is 0. The molecule has 0 saturated carbocycles. The third-order valence-electron chi connectivity index (χ3n) is 3.22. The van der Waals surface area contributed by atoms with Crippen LogP contribution in [0.4, 0.5) is 10.5 Å². The summed E-state index contributed by atoms with van der Waals surface area (Å²) in [5, 5.41) is 13.8. The van der Waals surface area contributed by atoms with Gasteiger partial charge >= 0.3 is 0 Å². The van der Waals surface area contributed by atoms with Crippen LogP contribution in [0.1, 0.15) is 4.88 Å².